The molecule has 0 aliphatic heterocycles. The molecule has 0 saturated heterocycles. The molecule has 0 aliphatic carbocycles. The normalized spacial score (nSPS) is 11.4. The summed E-state index contributed by atoms with van der Waals surface area (Å²) in [6.45, 7) is 1.71. The van der Waals surface area contributed by atoms with Gasteiger partial charge in [-0.15, -0.1) is 0 Å². The van der Waals surface area contributed by atoms with Crippen LogP contribution in [0, 0.1) is 13.8 Å². The number of hydrogen-bond acceptors (Lipinski definition) is 3. The molecule has 7 heteroatoms. The molecule has 0 unspecified atom stereocenters. The maximum atomic E-state index is 11.9. The van der Waals surface area contributed by atoms with Gasteiger partial charge in [-0.05, 0) is 37.1 Å². The van der Waals surface area contributed by atoms with E-state index in [1.54, 1.807) is 26.0 Å². The van der Waals surface area contributed by atoms with Gasteiger partial charge in [0.15, 0.2) is 6.79 Å². The summed E-state index contributed by atoms with van der Waals surface area (Å²) in [6.07, 6.45) is -4.36. The van der Waals surface area contributed by atoms with Gasteiger partial charge in [0.25, 0.3) is 0 Å². The fourth-order valence-electron chi connectivity index (χ4n) is 1.58. The van der Waals surface area contributed by atoms with Gasteiger partial charge in [0.05, 0.1) is 0 Å². The fourth-order valence-corrected chi connectivity index (χ4v) is 1.70. The lowest BCUT2D eigenvalue weighted by Gasteiger charge is -2.14. The molecule has 1 aromatic rings. The summed E-state index contributed by atoms with van der Waals surface area (Å²) in [6, 6.07) is 3.43. The predicted molar refractivity (Wildman–Crippen MR) is 69.3 cm³/mol. The van der Waals surface area contributed by atoms with Crippen molar-refractivity contribution in [3.63, 3.8) is 0 Å². The highest BCUT2D eigenvalue weighted by Gasteiger charge is 2.27. The molecule has 3 nitrogen and oxygen atoms in total. The molecule has 2 N–H and O–H groups in total. The lowest BCUT2D eigenvalue weighted by atomic mass is 10.1. The number of nitrogens with two attached hydrogens (primary N) is 1. The zero-order valence-corrected chi connectivity index (χ0v) is 11.3. The predicted octanol–water partition coefficient (Wildman–Crippen LogP) is 2.85. The average Bonchev–Trinajstić information content (AvgIpc) is 2.25. The van der Waals surface area contributed by atoms with Crippen molar-refractivity contribution in [1.29, 1.82) is 0 Å². The van der Waals surface area contributed by atoms with Gasteiger partial charge >= 0.3 is 6.18 Å². The Morgan fingerprint density at radius 1 is 1.26 bits per heavy atom. The van der Waals surface area contributed by atoms with E-state index in [4.69, 9.17) is 22.7 Å². The molecule has 0 radical (unpaired) electrons. The third kappa shape index (κ3) is 5.04. The van der Waals surface area contributed by atoms with Gasteiger partial charge in [-0.1, -0.05) is 12.2 Å². The minimum Gasteiger partial charge on any atom is -0.467 e. The van der Waals surface area contributed by atoms with E-state index in [0.29, 0.717) is 11.3 Å². The fraction of sp³-hybridized carbons (Fsp3) is 0.417. The van der Waals surface area contributed by atoms with Crippen molar-refractivity contribution in [3.8, 4) is 5.75 Å². The Bertz CT molecular complexity index is 452. The quantitative estimate of drug-likeness (QED) is 0.515. The first-order chi connectivity index (χ1) is 8.70. The Morgan fingerprint density at radius 3 is 2.21 bits per heavy atom. The minimum absolute atomic E-state index is 0.256. The third-order valence-electron chi connectivity index (χ3n) is 2.30. The number of hydrogen-bond donors (Lipinski definition) is 1. The molecule has 19 heavy (non-hydrogen) atoms. The SMILES string of the molecule is Cc1cc(C(N)=S)cc(C)c1OCOCC(F)(F)F. The van der Waals surface area contributed by atoms with Crippen LogP contribution in [0.1, 0.15) is 16.7 Å². The Balaban J connectivity index is 2.67. The second kappa shape index (κ2) is 6.21. The topological polar surface area (TPSA) is 44.5 Å². The van der Waals surface area contributed by atoms with Crippen molar-refractivity contribution in [2.75, 3.05) is 13.4 Å². The summed E-state index contributed by atoms with van der Waals surface area (Å²) in [5.41, 5.74) is 7.67. The second-order valence-corrected chi connectivity index (χ2v) is 4.47. The summed E-state index contributed by atoms with van der Waals surface area (Å²) in [4.78, 5) is 0.256. The summed E-state index contributed by atoms with van der Waals surface area (Å²) >= 11 is 4.86. The highest BCUT2D eigenvalue weighted by molar-refractivity contribution is 7.80. The number of alkyl halides is 3. The van der Waals surface area contributed by atoms with Crippen LogP contribution >= 0.6 is 12.2 Å². The van der Waals surface area contributed by atoms with Gasteiger partial charge in [-0.25, -0.2) is 0 Å². The van der Waals surface area contributed by atoms with Crippen LogP contribution in [-0.2, 0) is 4.74 Å². The van der Waals surface area contributed by atoms with Crippen LogP contribution < -0.4 is 10.5 Å². The Hall–Kier alpha value is -1.34. The summed E-state index contributed by atoms with van der Waals surface area (Å²) in [5, 5.41) is 0. The van der Waals surface area contributed by atoms with Gasteiger partial charge in [-0.3, -0.25) is 0 Å². The molecule has 0 atom stereocenters. The van der Waals surface area contributed by atoms with Gasteiger partial charge in [0, 0.05) is 5.56 Å². The molecule has 1 aromatic carbocycles. The number of thiocarbonyl (C=S) groups is 1. The highest BCUT2D eigenvalue weighted by atomic mass is 32.1. The number of ether oxygens (including phenoxy) is 2. The summed E-state index contributed by atoms with van der Waals surface area (Å²) in [7, 11) is 0. The summed E-state index contributed by atoms with van der Waals surface area (Å²) < 4.78 is 45.2. The molecule has 0 aliphatic rings. The Labute approximate surface area is 114 Å². The highest BCUT2D eigenvalue weighted by Crippen LogP contribution is 2.25. The largest absolute Gasteiger partial charge is 0.467 e. The maximum absolute atomic E-state index is 11.9. The first-order valence-corrected chi connectivity index (χ1v) is 5.80. The zero-order chi connectivity index (χ0) is 14.6. The number of aryl methyl sites for hydroxylation is 2. The van der Waals surface area contributed by atoms with Crippen molar-refractivity contribution >= 4 is 17.2 Å². The smallest absolute Gasteiger partial charge is 0.411 e. The first-order valence-electron chi connectivity index (χ1n) is 5.39. The standard InChI is InChI=1S/C12H14F3NO2S/c1-7-3-9(11(16)19)4-8(2)10(7)18-6-17-5-12(13,14)15/h3-4H,5-6H2,1-2H3,(H2,16,19). The molecular formula is C12H14F3NO2S. The van der Waals surface area contributed by atoms with Crippen molar-refractivity contribution in [3.05, 3.63) is 28.8 Å². The van der Waals surface area contributed by atoms with Crippen LogP contribution in [0.5, 0.6) is 5.75 Å². The van der Waals surface area contributed by atoms with Crippen molar-refractivity contribution < 1.29 is 22.6 Å². The Morgan fingerprint density at radius 2 is 1.79 bits per heavy atom. The molecule has 0 aromatic heterocycles. The van der Waals surface area contributed by atoms with Crippen LogP contribution in [-0.4, -0.2) is 24.6 Å². The van der Waals surface area contributed by atoms with Crippen molar-refractivity contribution in [2.45, 2.75) is 20.0 Å². The summed E-state index contributed by atoms with van der Waals surface area (Å²) in [5.74, 6) is 0.474. The molecule has 0 amide bonds. The monoisotopic (exact) mass is 293 g/mol. The molecule has 106 valence electrons. The van der Waals surface area contributed by atoms with Crippen LogP contribution in [0.3, 0.4) is 0 Å². The molecule has 0 saturated carbocycles. The first kappa shape index (κ1) is 15.7. The third-order valence-corrected chi connectivity index (χ3v) is 2.53. The average molecular weight is 293 g/mol. The second-order valence-electron chi connectivity index (χ2n) is 4.03. The van der Waals surface area contributed by atoms with Crippen molar-refractivity contribution in [1.82, 2.24) is 0 Å². The molecule has 1 rings (SSSR count). The van der Waals surface area contributed by atoms with E-state index in [1.807, 2.05) is 0 Å². The van der Waals surface area contributed by atoms with Gasteiger partial charge < -0.3 is 15.2 Å². The van der Waals surface area contributed by atoms with Gasteiger partial charge in [0.1, 0.15) is 17.3 Å². The number of benzene rings is 1. The maximum Gasteiger partial charge on any atom is 0.411 e. The van der Waals surface area contributed by atoms with E-state index in [-0.39, 0.29) is 4.99 Å². The van der Waals surface area contributed by atoms with Crippen LogP contribution in [0.4, 0.5) is 13.2 Å². The molecule has 0 heterocycles. The molecule has 0 fully saturated rings. The van der Waals surface area contributed by atoms with E-state index in [2.05, 4.69) is 4.74 Å². The lowest BCUT2D eigenvalue weighted by Crippen LogP contribution is -2.19. The Kier molecular flexibility index (Phi) is 5.13. The van der Waals surface area contributed by atoms with E-state index >= 15 is 0 Å². The lowest BCUT2D eigenvalue weighted by molar-refractivity contribution is -0.186. The van der Waals surface area contributed by atoms with E-state index in [1.165, 1.54) is 0 Å². The van der Waals surface area contributed by atoms with Gasteiger partial charge in [-0.2, -0.15) is 13.2 Å². The van der Waals surface area contributed by atoms with Crippen LogP contribution in [0.2, 0.25) is 0 Å². The molecule has 0 spiro atoms. The number of rotatable bonds is 5. The number of halogens is 3. The van der Waals surface area contributed by atoms with E-state index < -0.39 is 19.6 Å². The van der Waals surface area contributed by atoms with E-state index in [9.17, 15) is 13.2 Å². The minimum atomic E-state index is -4.36. The van der Waals surface area contributed by atoms with Crippen LogP contribution in [0.25, 0.3) is 0 Å². The van der Waals surface area contributed by atoms with Gasteiger partial charge in [0.2, 0.25) is 0 Å². The van der Waals surface area contributed by atoms with E-state index in [0.717, 1.165) is 11.1 Å². The molecule has 0 bridgehead atoms. The molecular weight excluding hydrogens is 279 g/mol. The van der Waals surface area contributed by atoms with Crippen molar-refractivity contribution in [2.24, 2.45) is 5.73 Å². The zero-order valence-electron chi connectivity index (χ0n) is 10.5. The van der Waals surface area contributed by atoms with Crippen LogP contribution in [0.15, 0.2) is 12.1 Å².